The average Bonchev–Trinajstić information content (AvgIpc) is 2.40. The number of halogens is 4. The zero-order valence-electron chi connectivity index (χ0n) is 11.5. The number of rotatable bonds is 5. The fraction of sp³-hybridized carbons (Fsp3) is 0.250. The van der Waals surface area contributed by atoms with E-state index in [1.54, 1.807) is 0 Å². The summed E-state index contributed by atoms with van der Waals surface area (Å²) in [4.78, 5) is 0. The van der Waals surface area contributed by atoms with Gasteiger partial charge in [-0.25, -0.2) is 8.78 Å². The van der Waals surface area contributed by atoms with Gasteiger partial charge >= 0.3 is 0 Å². The Morgan fingerprint density at radius 2 is 1.86 bits per heavy atom. The van der Waals surface area contributed by atoms with Gasteiger partial charge in [0.15, 0.2) is 0 Å². The third kappa shape index (κ3) is 4.25. The highest BCUT2D eigenvalue weighted by molar-refractivity contribution is 9.10. The molecule has 0 heterocycles. The van der Waals surface area contributed by atoms with E-state index in [-0.39, 0.29) is 6.04 Å². The maximum absolute atomic E-state index is 13.3. The van der Waals surface area contributed by atoms with E-state index in [2.05, 4.69) is 21.2 Å². The Hall–Kier alpha value is -0.970. The molecule has 0 aliphatic rings. The molecule has 0 saturated carbocycles. The van der Waals surface area contributed by atoms with Crippen LogP contribution in [0.1, 0.15) is 24.1 Å². The van der Waals surface area contributed by atoms with Gasteiger partial charge in [0.05, 0.1) is 5.02 Å². The highest BCUT2D eigenvalue weighted by Crippen LogP contribution is 2.32. The van der Waals surface area contributed by atoms with Crippen LogP contribution in [0.2, 0.25) is 5.02 Å². The number of hydrogen-bond donors (Lipinski definition) is 1. The molecular formula is C16H15BrClF2N. The quantitative estimate of drug-likeness (QED) is 0.751. The number of hydrogen-bond acceptors (Lipinski definition) is 1. The van der Waals surface area contributed by atoms with Crippen molar-refractivity contribution in [2.75, 3.05) is 6.54 Å². The minimum atomic E-state index is -0.569. The first-order valence-corrected chi connectivity index (χ1v) is 7.80. The highest BCUT2D eigenvalue weighted by atomic mass is 79.9. The van der Waals surface area contributed by atoms with Gasteiger partial charge in [-0.1, -0.05) is 30.7 Å². The number of likely N-dealkylation sites (N-methyl/N-ethyl adjacent to an activating group) is 1. The van der Waals surface area contributed by atoms with Crippen molar-refractivity contribution in [2.45, 2.75) is 19.4 Å². The van der Waals surface area contributed by atoms with E-state index in [0.717, 1.165) is 22.6 Å². The lowest BCUT2D eigenvalue weighted by Crippen LogP contribution is -2.23. The minimum absolute atomic E-state index is 0.110. The van der Waals surface area contributed by atoms with Gasteiger partial charge in [-0.2, -0.15) is 0 Å². The van der Waals surface area contributed by atoms with Crippen molar-refractivity contribution in [3.05, 3.63) is 68.7 Å². The molecule has 0 radical (unpaired) electrons. The zero-order chi connectivity index (χ0) is 15.4. The SMILES string of the molecule is CCNC(Cc1cc(F)cc(F)c1)c1cccc(Br)c1Cl. The molecule has 0 bridgehead atoms. The van der Waals surface area contributed by atoms with Crippen LogP contribution >= 0.6 is 27.5 Å². The normalized spacial score (nSPS) is 12.4. The van der Waals surface area contributed by atoms with E-state index < -0.39 is 11.6 Å². The summed E-state index contributed by atoms with van der Waals surface area (Å²) in [7, 11) is 0. The molecule has 112 valence electrons. The van der Waals surface area contributed by atoms with Crippen LogP contribution in [0.5, 0.6) is 0 Å². The van der Waals surface area contributed by atoms with Gasteiger partial charge in [-0.05, 0) is 58.2 Å². The van der Waals surface area contributed by atoms with Crippen molar-refractivity contribution in [3.63, 3.8) is 0 Å². The molecule has 1 atom stereocenters. The molecule has 1 unspecified atom stereocenters. The molecule has 0 aromatic heterocycles. The Morgan fingerprint density at radius 1 is 1.19 bits per heavy atom. The van der Waals surface area contributed by atoms with Crippen molar-refractivity contribution < 1.29 is 8.78 Å². The monoisotopic (exact) mass is 373 g/mol. The Balaban J connectivity index is 2.32. The molecule has 0 aliphatic heterocycles. The molecule has 0 fully saturated rings. The van der Waals surface area contributed by atoms with E-state index in [0.29, 0.717) is 17.0 Å². The van der Waals surface area contributed by atoms with Crippen LogP contribution in [-0.2, 0) is 6.42 Å². The van der Waals surface area contributed by atoms with Gasteiger partial charge in [-0.15, -0.1) is 0 Å². The summed E-state index contributed by atoms with van der Waals surface area (Å²) >= 11 is 9.71. The van der Waals surface area contributed by atoms with Crippen LogP contribution in [0.3, 0.4) is 0 Å². The van der Waals surface area contributed by atoms with Crippen molar-refractivity contribution in [3.8, 4) is 0 Å². The molecule has 0 amide bonds. The zero-order valence-corrected chi connectivity index (χ0v) is 13.8. The van der Waals surface area contributed by atoms with Crippen molar-refractivity contribution in [2.24, 2.45) is 0 Å². The lowest BCUT2D eigenvalue weighted by Gasteiger charge is -2.20. The fourth-order valence-electron chi connectivity index (χ4n) is 2.29. The van der Waals surface area contributed by atoms with Gasteiger partial charge in [0.25, 0.3) is 0 Å². The average molecular weight is 375 g/mol. The van der Waals surface area contributed by atoms with Crippen molar-refractivity contribution >= 4 is 27.5 Å². The first kappa shape index (κ1) is 16.4. The summed E-state index contributed by atoms with van der Waals surface area (Å²) in [6, 6.07) is 9.12. The Bertz CT molecular complexity index is 613. The lowest BCUT2D eigenvalue weighted by atomic mass is 9.98. The van der Waals surface area contributed by atoms with Gasteiger partial charge in [0.2, 0.25) is 0 Å². The first-order valence-electron chi connectivity index (χ1n) is 6.63. The van der Waals surface area contributed by atoms with Crippen LogP contribution in [0.15, 0.2) is 40.9 Å². The van der Waals surface area contributed by atoms with E-state index in [4.69, 9.17) is 11.6 Å². The third-order valence-electron chi connectivity index (χ3n) is 3.17. The molecule has 2 aromatic carbocycles. The maximum Gasteiger partial charge on any atom is 0.126 e. The van der Waals surface area contributed by atoms with E-state index >= 15 is 0 Å². The molecule has 1 N–H and O–H groups in total. The molecule has 1 nitrogen and oxygen atoms in total. The van der Waals surface area contributed by atoms with Gasteiger partial charge < -0.3 is 5.32 Å². The Kier molecular flexibility index (Phi) is 5.73. The van der Waals surface area contributed by atoms with Gasteiger partial charge in [-0.3, -0.25) is 0 Å². The highest BCUT2D eigenvalue weighted by Gasteiger charge is 2.16. The van der Waals surface area contributed by atoms with E-state index in [1.807, 2.05) is 25.1 Å². The third-order valence-corrected chi connectivity index (χ3v) is 4.48. The molecule has 5 heteroatoms. The summed E-state index contributed by atoms with van der Waals surface area (Å²) in [6.45, 7) is 2.70. The van der Waals surface area contributed by atoms with Crippen molar-refractivity contribution in [1.29, 1.82) is 0 Å². The van der Waals surface area contributed by atoms with Crippen LogP contribution in [-0.4, -0.2) is 6.54 Å². The standard InChI is InChI=1S/C16H15BrClF2N/c1-2-21-15(13-4-3-5-14(17)16(13)18)8-10-6-11(19)9-12(20)7-10/h3-7,9,15,21H,2,8H2,1H3. The second-order valence-corrected chi connectivity index (χ2v) is 5.97. The maximum atomic E-state index is 13.3. The minimum Gasteiger partial charge on any atom is -0.310 e. The largest absolute Gasteiger partial charge is 0.310 e. The Labute approximate surface area is 136 Å². The predicted molar refractivity (Wildman–Crippen MR) is 85.6 cm³/mol. The lowest BCUT2D eigenvalue weighted by molar-refractivity contribution is 0.539. The van der Waals surface area contributed by atoms with Gasteiger partial charge in [0.1, 0.15) is 11.6 Å². The smallest absolute Gasteiger partial charge is 0.126 e. The first-order chi connectivity index (χ1) is 10.0. The summed E-state index contributed by atoms with van der Waals surface area (Å²) < 4.78 is 27.4. The summed E-state index contributed by atoms with van der Waals surface area (Å²) in [6.07, 6.45) is 0.457. The summed E-state index contributed by atoms with van der Waals surface area (Å²) in [5.74, 6) is -1.14. The molecule has 2 rings (SSSR count). The molecule has 0 saturated heterocycles. The fourth-order valence-corrected chi connectivity index (χ4v) is 2.93. The van der Waals surface area contributed by atoms with E-state index in [1.165, 1.54) is 12.1 Å². The summed E-state index contributed by atoms with van der Waals surface area (Å²) in [5.41, 5.74) is 1.49. The van der Waals surface area contributed by atoms with Crippen molar-refractivity contribution in [1.82, 2.24) is 5.32 Å². The number of nitrogens with one attached hydrogen (secondary N) is 1. The molecular weight excluding hydrogens is 360 g/mol. The second kappa shape index (κ2) is 7.34. The molecule has 0 aliphatic carbocycles. The number of benzene rings is 2. The Morgan fingerprint density at radius 3 is 2.48 bits per heavy atom. The molecule has 21 heavy (non-hydrogen) atoms. The van der Waals surface area contributed by atoms with E-state index in [9.17, 15) is 8.78 Å². The van der Waals surface area contributed by atoms with Crippen LogP contribution in [0.4, 0.5) is 8.78 Å². The predicted octanol–water partition coefficient (Wildman–Crippen LogP) is 5.27. The molecule has 2 aromatic rings. The van der Waals surface area contributed by atoms with Crippen LogP contribution < -0.4 is 5.32 Å². The van der Waals surface area contributed by atoms with Gasteiger partial charge in [0, 0.05) is 16.6 Å². The molecule has 0 spiro atoms. The topological polar surface area (TPSA) is 12.0 Å². The summed E-state index contributed by atoms with van der Waals surface area (Å²) in [5, 5.41) is 3.92. The second-order valence-electron chi connectivity index (χ2n) is 4.74. The van der Waals surface area contributed by atoms with Crippen LogP contribution in [0, 0.1) is 11.6 Å². The van der Waals surface area contributed by atoms with Crippen LogP contribution in [0.25, 0.3) is 0 Å².